The number of hydrogen-bond acceptors (Lipinski definition) is 5. The van der Waals surface area contributed by atoms with Crippen LogP contribution in [0.1, 0.15) is 53.7 Å². The molecule has 1 aromatic rings. The number of nitrogens with zero attached hydrogens (tertiary/aromatic N) is 3. The first kappa shape index (κ1) is 16.0. The molecule has 0 bridgehead atoms. The van der Waals surface area contributed by atoms with E-state index in [2.05, 4.69) is 21.8 Å². The van der Waals surface area contributed by atoms with E-state index < -0.39 is 5.91 Å². The summed E-state index contributed by atoms with van der Waals surface area (Å²) >= 11 is 0. The minimum atomic E-state index is -0.491. The molecule has 1 saturated carbocycles. The maximum atomic E-state index is 11.5. The number of amides is 1. The topological polar surface area (TPSA) is 68.7 Å². The molecule has 1 aromatic heterocycles. The fourth-order valence-electron chi connectivity index (χ4n) is 4.97. The van der Waals surface area contributed by atoms with Crippen molar-refractivity contribution in [2.24, 2.45) is 0 Å². The van der Waals surface area contributed by atoms with Crippen LogP contribution < -0.4 is 5.48 Å². The molecule has 3 aliphatic rings. The van der Waals surface area contributed by atoms with Gasteiger partial charge in [0.15, 0.2) is 0 Å². The first-order chi connectivity index (χ1) is 11.6. The van der Waals surface area contributed by atoms with E-state index in [9.17, 15) is 4.79 Å². The Morgan fingerprint density at radius 1 is 1.42 bits per heavy atom. The lowest BCUT2D eigenvalue weighted by Gasteiger charge is -2.36. The van der Waals surface area contributed by atoms with Crippen LogP contribution in [0.3, 0.4) is 0 Å². The number of hydrogen-bond donors (Lipinski definition) is 2. The Kier molecular flexibility index (Phi) is 4.06. The summed E-state index contributed by atoms with van der Waals surface area (Å²) in [6, 6.07) is 2.52. The van der Waals surface area contributed by atoms with Crippen LogP contribution >= 0.6 is 0 Å². The second-order valence-electron chi connectivity index (χ2n) is 7.64. The maximum absolute atomic E-state index is 11.5. The van der Waals surface area contributed by atoms with Crippen molar-refractivity contribution in [2.45, 2.75) is 56.7 Å². The molecule has 1 amide bonds. The molecular formula is C18H26N4O2. The minimum absolute atomic E-state index is 0.428. The minimum Gasteiger partial charge on any atom is -0.301 e. The highest BCUT2D eigenvalue weighted by Crippen LogP contribution is 2.44. The van der Waals surface area contributed by atoms with E-state index >= 15 is 0 Å². The first-order valence-corrected chi connectivity index (χ1v) is 8.99. The van der Waals surface area contributed by atoms with Crippen molar-refractivity contribution >= 4 is 5.91 Å². The number of hydroxylamine groups is 1. The van der Waals surface area contributed by atoms with Crippen molar-refractivity contribution in [1.82, 2.24) is 20.3 Å². The van der Waals surface area contributed by atoms with Crippen molar-refractivity contribution in [2.75, 3.05) is 20.1 Å². The van der Waals surface area contributed by atoms with Gasteiger partial charge in [0.1, 0.15) is 0 Å². The number of likely N-dealkylation sites (tertiary alicyclic amines) is 1. The van der Waals surface area contributed by atoms with Gasteiger partial charge in [-0.1, -0.05) is 0 Å². The number of pyridine rings is 1. The highest BCUT2D eigenvalue weighted by Gasteiger charge is 2.46. The number of rotatable bonds is 2. The fraction of sp³-hybridized carbons (Fsp3) is 0.667. The Hall–Kier alpha value is -1.50. The van der Waals surface area contributed by atoms with E-state index in [-0.39, 0.29) is 0 Å². The largest absolute Gasteiger partial charge is 0.301 e. The van der Waals surface area contributed by atoms with Crippen LogP contribution in [-0.2, 0) is 13.0 Å². The van der Waals surface area contributed by atoms with Crippen LogP contribution in [0, 0.1) is 0 Å². The number of carbonyl (C=O) groups excluding carboxylic acids is 1. The molecule has 4 rings (SSSR count). The molecule has 2 N–H and O–H groups in total. The molecule has 0 unspecified atom stereocenters. The van der Waals surface area contributed by atoms with Crippen molar-refractivity contribution in [3.05, 3.63) is 29.1 Å². The van der Waals surface area contributed by atoms with Gasteiger partial charge in [0, 0.05) is 30.9 Å². The summed E-state index contributed by atoms with van der Waals surface area (Å²) < 4.78 is 0. The summed E-state index contributed by atoms with van der Waals surface area (Å²) in [5.74, 6) is -0.491. The lowest BCUT2D eigenvalue weighted by molar-refractivity contribution is 0.0705. The summed E-state index contributed by atoms with van der Waals surface area (Å²) in [7, 11) is 2.29. The third-order valence-electron chi connectivity index (χ3n) is 6.47. The Balaban J connectivity index is 1.46. The lowest BCUT2D eigenvalue weighted by atomic mass is 9.93. The monoisotopic (exact) mass is 330 g/mol. The Morgan fingerprint density at radius 3 is 3.04 bits per heavy atom. The molecule has 2 atom stereocenters. The molecule has 0 radical (unpaired) electrons. The molecule has 1 spiro atoms. The molecule has 2 fully saturated rings. The zero-order chi connectivity index (χ0) is 16.7. The molecular weight excluding hydrogens is 304 g/mol. The standard InChI is InChI=1S/C18H26N4O2/c1-21-7-2-5-18(21)6-3-15(10-18)22-8-4-13-9-14(17(23)20-24)11-19-16(13)12-22/h9,11,15,24H,2-8,10,12H2,1H3,(H,20,23)/t15-,18-/m0/s1. The van der Waals surface area contributed by atoms with Gasteiger partial charge >= 0.3 is 0 Å². The summed E-state index contributed by atoms with van der Waals surface area (Å²) in [6.07, 6.45) is 9.06. The van der Waals surface area contributed by atoms with Crippen molar-refractivity contribution in [3.8, 4) is 0 Å². The zero-order valence-electron chi connectivity index (χ0n) is 14.3. The first-order valence-electron chi connectivity index (χ1n) is 8.99. The third kappa shape index (κ3) is 2.62. The Labute approximate surface area is 142 Å². The van der Waals surface area contributed by atoms with Gasteiger partial charge in [-0.25, -0.2) is 5.48 Å². The second kappa shape index (κ2) is 6.10. The number of fused-ring (bicyclic) bond motifs is 1. The van der Waals surface area contributed by atoms with E-state index in [4.69, 9.17) is 5.21 Å². The molecule has 6 nitrogen and oxygen atoms in total. The van der Waals surface area contributed by atoms with Gasteiger partial charge in [-0.15, -0.1) is 0 Å². The van der Waals surface area contributed by atoms with Crippen molar-refractivity contribution in [1.29, 1.82) is 0 Å². The molecule has 130 valence electrons. The average molecular weight is 330 g/mol. The van der Waals surface area contributed by atoms with Crippen LogP contribution in [0.5, 0.6) is 0 Å². The SMILES string of the molecule is CN1CCC[C@@]12CC[C@H](N1CCc3cc(C(=O)NO)cnc3C1)C2. The van der Waals surface area contributed by atoms with E-state index in [1.807, 2.05) is 6.07 Å². The van der Waals surface area contributed by atoms with Gasteiger partial charge in [0.05, 0.1) is 11.3 Å². The van der Waals surface area contributed by atoms with Gasteiger partial charge in [-0.3, -0.25) is 19.9 Å². The lowest BCUT2D eigenvalue weighted by Crippen LogP contribution is -2.43. The maximum Gasteiger partial charge on any atom is 0.276 e. The van der Waals surface area contributed by atoms with Crippen molar-refractivity contribution < 1.29 is 10.0 Å². The number of carbonyl (C=O) groups is 1. The predicted molar refractivity (Wildman–Crippen MR) is 89.8 cm³/mol. The van der Waals surface area contributed by atoms with E-state index in [1.165, 1.54) is 38.6 Å². The summed E-state index contributed by atoms with van der Waals surface area (Å²) in [5.41, 5.74) is 4.77. The highest BCUT2D eigenvalue weighted by molar-refractivity contribution is 5.93. The van der Waals surface area contributed by atoms with Gasteiger partial charge in [-0.2, -0.15) is 0 Å². The Morgan fingerprint density at radius 2 is 2.29 bits per heavy atom. The molecule has 3 heterocycles. The molecule has 0 aromatic carbocycles. The normalized spacial score (nSPS) is 30.7. The number of aromatic nitrogens is 1. The van der Waals surface area contributed by atoms with Crippen molar-refractivity contribution in [3.63, 3.8) is 0 Å². The molecule has 2 aliphatic heterocycles. The average Bonchev–Trinajstić information content (AvgIpc) is 3.20. The molecule has 1 saturated heterocycles. The van der Waals surface area contributed by atoms with Gasteiger partial charge in [0.2, 0.25) is 0 Å². The Bertz CT molecular complexity index is 650. The third-order valence-corrected chi connectivity index (χ3v) is 6.47. The predicted octanol–water partition coefficient (Wildman–Crippen LogP) is 1.58. The van der Waals surface area contributed by atoms with Crippen LogP contribution in [0.15, 0.2) is 12.3 Å². The summed E-state index contributed by atoms with van der Waals surface area (Å²) in [5, 5.41) is 8.76. The van der Waals surface area contributed by atoms with E-state index in [0.29, 0.717) is 17.1 Å². The van der Waals surface area contributed by atoms with E-state index in [0.717, 1.165) is 30.8 Å². The van der Waals surface area contributed by atoms with Crippen LogP contribution in [0.2, 0.25) is 0 Å². The molecule has 24 heavy (non-hydrogen) atoms. The smallest absolute Gasteiger partial charge is 0.276 e. The van der Waals surface area contributed by atoms with Gasteiger partial charge in [-0.05, 0) is 63.7 Å². The fourth-order valence-corrected chi connectivity index (χ4v) is 4.97. The zero-order valence-corrected chi connectivity index (χ0v) is 14.3. The van der Waals surface area contributed by atoms with Crippen LogP contribution in [0.25, 0.3) is 0 Å². The quantitative estimate of drug-likeness (QED) is 0.636. The summed E-state index contributed by atoms with van der Waals surface area (Å²) in [6.45, 7) is 3.15. The van der Waals surface area contributed by atoms with Gasteiger partial charge < -0.3 is 4.90 Å². The molecule has 1 aliphatic carbocycles. The molecule has 6 heteroatoms. The van der Waals surface area contributed by atoms with Gasteiger partial charge in [0.25, 0.3) is 5.91 Å². The van der Waals surface area contributed by atoms with Crippen LogP contribution in [0.4, 0.5) is 0 Å². The second-order valence-corrected chi connectivity index (χ2v) is 7.64. The summed E-state index contributed by atoms with van der Waals surface area (Å²) in [4.78, 5) is 21.2. The highest BCUT2D eigenvalue weighted by atomic mass is 16.5. The van der Waals surface area contributed by atoms with E-state index in [1.54, 1.807) is 11.7 Å². The number of nitrogens with one attached hydrogen (secondary N) is 1. The van der Waals surface area contributed by atoms with Crippen LogP contribution in [-0.4, -0.2) is 57.6 Å².